The molecule has 0 aliphatic rings. The van der Waals surface area contributed by atoms with Crippen LogP contribution in [0.15, 0.2) is 58.1 Å². The van der Waals surface area contributed by atoms with E-state index < -0.39 is 11.1 Å². The van der Waals surface area contributed by atoms with Gasteiger partial charge in [-0.05, 0) is 36.4 Å². The summed E-state index contributed by atoms with van der Waals surface area (Å²) in [5.41, 5.74) is -0.820. The topological polar surface area (TPSA) is 93.6 Å². The van der Waals surface area contributed by atoms with Crippen LogP contribution in [0.25, 0.3) is 10.8 Å². The van der Waals surface area contributed by atoms with Gasteiger partial charge in [-0.15, -0.1) is 0 Å². The van der Waals surface area contributed by atoms with Crippen LogP contribution in [0.5, 0.6) is 11.5 Å². The summed E-state index contributed by atoms with van der Waals surface area (Å²) in [6.07, 6.45) is 0. The Morgan fingerprint density at radius 3 is 2.36 bits per heavy atom. The first kappa shape index (κ1) is 19.2. The van der Waals surface area contributed by atoms with Gasteiger partial charge in [0.1, 0.15) is 24.7 Å². The number of ether oxygens (including phenoxy) is 2. The van der Waals surface area contributed by atoms with Gasteiger partial charge in [-0.1, -0.05) is 12.1 Å². The largest absolute Gasteiger partial charge is 0.497 e. The van der Waals surface area contributed by atoms with Crippen LogP contribution in [-0.2, 0) is 11.3 Å². The van der Waals surface area contributed by atoms with Crippen LogP contribution in [0.2, 0.25) is 0 Å². The highest BCUT2D eigenvalue weighted by Crippen LogP contribution is 2.16. The second-order valence-corrected chi connectivity index (χ2v) is 6.22. The Hall–Kier alpha value is -3.55. The average molecular weight is 383 g/mol. The van der Waals surface area contributed by atoms with E-state index in [9.17, 15) is 14.4 Å². The van der Waals surface area contributed by atoms with Crippen molar-refractivity contribution in [2.45, 2.75) is 6.54 Å². The van der Waals surface area contributed by atoms with E-state index in [-0.39, 0.29) is 24.4 Å². The van der Waals surface area contributed by atoms with E-state index in [1.807, 2.05) is 0 Å². The number of aromatic amines is 1. The maximum Gasteiger partial charge on any atom is 0.273 e. The zero-order valence-electron chi connectivity index (χ0n) is 15.7. The number of nitrogens with zero attached hydrogens (tertiary/aromatic N) is 2. The van der Waals surface area contributed by atoms with Crippen LogP contribution in [0.1, 0.15) is 0 Å². The Kier molecular flexibility index (Phi) is 5.78. The van der Waals surface area contributed by atoms with Gasteiger partial charge in [-0.3, -0.25) is 19.5 Å². The maximum absolute atomic E-state index is 12.5. The summed E-state index contributed by atoms with van der Waals surface area (Å²) in [7, 11) is 3.20. The van der Waals surface area contributed by atoms with Gasteiger partial charge in [0.2, 0.25) is 5.91 Å². The van der Waals surface area contributed by atoms with Crippen molar-refractivity contribution in [2.24, 2.45) is 0 Å². The van der Waals surface area contributed by atoms with Crippen LogP contribution < -0.4 is 20.6 Å². The zero-order chi connectivity index (χ0) is 20.1. The summed E-state index contributed by atoms with van der Waals surface area (Å²) in [5.74, 6) is 1.08. The molecule has 0 unspecified atom stereocenters. The van der Waals surface area contributed by atoms with Crippen molar-refractivity contribution in [1.82, 2.24) is 14.7 Å². The number of fused-ring (bicyclic) bond motifs is 1. The SMILES string of the molecule is COc1ccc(OCCN(C)C(=O)Cn2[nH]c(=O)c3ccccc3c2=O)cc1. The van der Waals surface area contributed by atoms with Crippen molar-refractivity contribution in [3.63, 3.8) is 0 Å². The van der Waals surface area contributed by atoms with Crippen molar-refractivity contribution in [2.75, 3.05) is 27.3 Å². The minimum absolute atomic E-state index is 0.252. The molecular weight excluding hydrogens is 362 g/mol. The molecular formula is C20H21N3O5. The molecule has 0 bridgehead atoms. The summed E-state index contributed by atoms with van der Waals surface area (Å²) in [6.45, 7) is 0.368. The number of hydrogen-bond donors (Lipinski definition) is 1. The lowest BCUT2D eigenvalue weighted by molar-refractivity contribution is -0.131. The highest BCUT2D eigenvalue weighted by Gasteiger charge is 2.13. The molecule has 1 heterocycles. The summed E-state index contributed by atoms with van der Waals surface area (Å²) < 4.78 is 11.7. The molecule has 0 saturated heterocycles. The van der Waals surface area contributed by atoms with E-state index in [0.29, 0.717) is 17.7 Å². The van der Waals surface area contributed by atoms with Gasteiger partial charge < -0.3 is 14.4 Å². The third-order valence-electron chi connectivity index (χ3n) is 4.36. The second kappa shape index (κ2) is 8.43. The number of nitrogens with one attached hydrogen (secondary N) is 1. The summed E-state index contributed by atoms with van der Waals surface area (Å²) in [5, 5.41) is 3.04. The van der Waals surface area contributed by atoms with Crippen molar-refractivity contribution in [3.8, 4) is 11.5 Å². The Labute approximate surface area is 160 Å². The number of rotatable bonds is 7. The van der Waals surface area contributed by atoms with Gasteiger partial charge in [0.05, 0.1) is 24.4 Å². The molecule has 3 aromatic rings. The zero-order valence-corrected chi connectivity index (χ0v) is 15.7. The maximum atomic E-state index is 12.5. The molecule has 1 N–H and O–H groups in total. The van der Waals surface area contributed by atoms with Crippen molar-refractivity contribution in [1.29, 1.82) is 0 Å². The van der Waals surface area contributed by atoms with Gasteiger partial charge in [0.25, 0.3) is 11.1 Å². The quantitative estimate of drug-likeness (QED) is 0.662. The van der Waals surface area contributed by atoms with E-state index in [0.717, 1.165) is 10.4 Å². The number of benzene rings is 2. The minimum atomic E-state index is -0.411. The second-order valence-electron chi connectivity index (χ2n) is 6.22. The molecule has 28 heavy (non-hydrogen) atoms. The van der Waals surface area contributed by atoms with Gasteiger partial charge >= 0.3 is 0 Å². The number of methoxy groups -OCH3 is 1. The van der Waals surface area contributed by atoms with Crippen LogP contribution in [-0.4, -0.2) is 47.9 Å². The lowest BCUT2D eigenvalue weighted by Crippen LogP contribution is -2.39. The van der Waals surface area contributed by atoms with Crippen molar-refractivity contribution in [3.05, 3.63) is 69.2 Å². The average Bonchev–Trinajstić information content (AvgIpc) is 2.72. The van der Waals surface area contributed by atoms with Gasteiger partial charge in [0, 0.05) is 7.05 Å². The monoisotopic (exact) mass is 383 g/mol. The Bertz CT molecular complexity index is 1090. The lowest BCUT2D eigenvalue weighted by atomic mass is 10.2. The minimum Gasteiger partial charge on any atom is -0.497 e. The fourth-order valence-corrected chi connectivity index (χ4v) is 2.71. The third-order valence-corrected chi connectivity index (χ3v) is 4.36. The molecule has 1 aromatic heterocycles. The number of aromatic nitrogens is 2. The molecule has 0 spiro atoms. The smallest absolute Gasteiger partial charge is 0.273 e. The molecule has 1 amide bonds. The number of H-pyrrole nitrogens is 1. The van der Waals surface area contributed by atoms with E-state index in [1.165, 1.54) is 4.90 Å². The highest BCUT2D eigenvalue weighted by atomic mass is 16.5. The molecule has 0 atom stereocenters. The normalized spacial score (nSPS) is 10.6. The van der Waals surface area contributed by atoms with Crippen LogP contribution in [0, 0.1) is 0 Å². The van der Waals surface area contributed by atoms with Crippen LogP contribution in [0.4, 0.5) is 0 Å². The van der Waals surface area contributed by atoms with Crippen molar-refractivity contribution >= 4 is 16.7 Å². The summed E-state index contributed by atoms with van der Waals surface area (Å²) in [6, 6.07) is 13.6. The van der Waals surface area contributed by atoms with Crippen LogP contribution >= 0.6 is 0 Å². The molecule has 146 valence electrons. The van der Waals surface area contributed by atoms with E-state index >= 15 is 0 Å². The number of amides is 1. The molecule has 8 nitrogen and oxygen atoms in total. The predicted octanol–water partition coefficient (Wildman–Crippen LogP) is 1.24. The number of carbonyl (C=O) groups is 1. The van der Waals surface area contributed by atoms with Crippen molar-refractivity contribution < 1.29 is 14.3 Å². The number of carbonyl (C=O) groups excluding carboxylic acids is 1. The van der Waals surface area contributed by atoms with Gasteiger partial charge in [-0.25, -0.2) is 4.68 Å². The van der Waals surface area contributed by atoms with E-state index in [2.05, 4.69) is 5.10 Å². The summed E-state index contributed by atoms with van der Waals surface area (Å²) >= 11 is 0. The molecule has 3 rings (SSSR count). The Balaban J connectivity index is 1.61. The first-order valence-electron chi connectivity index (χ1n) is 8.72. The standard InChI is InChI=1S/C20H21N3O5/c1-22(11-12-28-15-9-7-14(27-2)8-10-15)18(24)13-23-20(26)17-6-4-3-5-16(17)19(25)21-23/h3-10H,11-13H2,1-2H3,(H,21,25). The lowest BCUT2D eigenvalue weighted by Gasteiger charge is -2.18. The van der Waals surface area contributed by atoms with E-state index in [1.54, 1.807) is 62.7 Å². The number of likely N-dealkylation sites (N-methyl/N-ethyl adjacent to an activating group) is 1. The van der Waals surface area contributed by atoms with Crippen LogP contribution in [0.3, 0.4) is 0 Å². The predicted molar refractivity (Wildman–Crippen MR) is 105 cm³/mol. The molecule has 0 radical (unpaired) electrons. The first-order valence-corrected chi connectivity index (χ1v) is 8.72. The highest BCUT2D eigenvalue weighted by molar-refractivity contribution is 5.81. The molecule has 2 aromatic carbocycles. The first-order chi connectivity index (χ1) is 13.5. The fraction of sp³-hybridized carbons (Fsp3) is 0.250. The van der Waals surface area contributed by atoms with Gasteiger partial charge in [-0.2, -0.15) is 0 Å². The molecule has 8 heteroatoms. The third kappa shape index (κ3) is 4.22. The molecule has 0 saturated carbocycles. The summed E-state index contributed by atoms with van der Waals surface area (Å²) in [4.78, 5) is 38.4. The molecule has 0 fully saturated rings. The Morgan fingerprint density at radius 2 is 1.68 bits per heavy atom. The molecule has 0 aliphatic carbocycles. The number of hydrogen-bond acceptors (Lipinski definition) is 5. The molecule has 0 aliphatic heterocycles. The Morgan fingerprint density at radius 1 is 1.04 bits per heavy atom. The van der Waals surface area contributed by atoms with E-state index in [4.69, 9.17) is 9.47 Å². The van der Waals surface area contributed by atoms with Gasteiger partial charge in [0.15, 0.2) is 0 Å². The fourth-order valence-electron chi connectivity index (χ4n) is 2.71.